The number of methoxy groups -OCH3 is 1. The molecule has 0 spiro atoms. The molecular weight excluding hydrogens is 391 g/mol. The number of ether oxygens (including phenoxy) is 1. The second kappa shape index (κ2) is 7.82. The van der Waals surface area contributed by atoms with Gasteiger partial charge in [-0.25, -0.2) is 4.39 Å². The van der Waals surface area contributed by atoms with E-state index in [9.17, 15) is 19.1 Å². The van der Waals surface area contributed by atoms with Gasteiger partial charge in [0.25, 0.3) is 11.7 Å². The summed E-state index contributed by atoms with van der Waals surface area (Å²) in [6.45, 7) is 0.0809. The van der Waals surface area contributed by atoms with Gasteiger partial charge in [0.2, 0.25) is 0 Å². The number of rotatable bonds is 5. The maximum absolute atomic E-state index is 14.2. The number of hydrogen-bond donors (Lipinski definition) is 1. The van der Waals surface area contributed by atoms with Gasteiger partial charge in [-0.15, -0.1) is 0 Å². The molecule has 1 aliphatic rings. The minimum Gasteiger partial charge on any atom is -0.507 e. The lowest BCUT2D eigenvalue weighted by atomic mass is 9.99. The first-order valence-corrected chi connectivity index (χ1v) is 9.06. The number of furan rings is 1. The van der Waals surface area contributed by atoms with Crippen molar-refractivity contribution < 1.29 is 28.2 Å². The third-order valence-corrected chi connectivity index (χ3v) is 4.85. The number of Topliss-reactive ketones (excluding diaryl/α,β-unsaturated/α-hetero) is 1. The van der Waals surface area contributed by atoms with E-state index in [0.29, 0.717) is 11.3 Å². The van der Waals surface area contributed by atoms with E-state index in [4.69, 9.17) is 9.15 Å². The van der Waals surface area contributed by atoms with E-state index in [1.807, 2.05) is 0 Å². The predicted octanol–water partition coefficient (Wildman–Crippen LogP) is 3.44. The number of aliphatic hydroxyl groups excluding tert-OH is 1. The van der Waals surface area contributed by atoms with Crippen LogP contribution in [0.2, 0.25) is 0 Å². The van der Waals surface area contributed by atoms with E-state index >= 15 is 0 Å². The molecular formula is C22H17FN2O5. The van der Waals surface area contributed by atoms with Crippen LogP contribution in [-0.4, -0.2) is 33.8 Å². The molecule has 0 bridgehead atoms. The van der Waals surface area contributed by atoms with Crippen LogP contribution in [-0.2, 0) is 16.1 Å². The van der Waals surface area contributed by atoms with E-state index in [-0.39, 0.29) is 23.4 Å². The Morgan fingerprint density at radius 2 is 2.10 bits per heavy atom. The van der Waals surface area contributed by atoms with Crippen LogP contribution in [0.1, 0.15) is 22.9 Å². The number of ketones is 1. The van der Waals surface area contributed by atoms with Crippen molar-refractivity contribution in [3.63, 3.8) is 0 Å². The monoisotopic (exact) mass is 408 g/mol. The second-order valence-electron chi connectivity index (χ2n) is 6.65. The van der Waals surface area contributed by atoms with Gasteiger partial charge >= 0.3 is 0 Å². The number of likely N-dealkylation sites (tertiary alicyclic amines) is 1. The molecule has 0 saturated carbocycles. The van der Waals surface area contributed by atoms with E-state index in [0.717, 1.165) is 6.07 Å². The molecule has 1 unspecified atom stereocenters. The summed E-state index contributed by atoms with van der Waals surface area (Å²) in [4.78, 5) is 31.0. The molecule has 8 heteroatoms. The van der Waals surface area contributed by atoms with E-state index in [1.165, 1.54) is 30.4 Å². The molecule has 30 heavy (non-hydrogen) atoms. The zero-order valence-electron chi connectivity index (χ0n) is 15.9. The Balaban J connectivity index is 1.83. The number of aliphatic hydroxyl groups is 1. The third kappa shape index (κ3) is 3.32. The molecule has 3 heterocycles. The van der Waals surface area contributed by atoms with Crippen LogP contribution < -0.4 is 4.74 Å². The number of nitrogens with zero attached hydrogens (tertiary/aromatic N) is 2. The molecule has 1 aliphatic heterocycles. The fraction of sp³-hybridized carbons (Fsp3) is 0.136. The average Bonchev–Trinajstić information content (AvgIpc) is 3.37. The molecule has 1 atom stereocenters. The Morgan fingerprint density at radius 3 is 2.73 bits per heavy atom. The predicted molar refractivity (Wildman–Crippen MR) is 104 cm³/mol. The molecule has 1 fully saturated rings. The smallest absolute Gasteiger partial charge is 0.296 e. The molecule has 1 aromatic carbocycles. The highest BCUT2D eigenvalue weighted by atomic mass is 19.1. The average molecular weight is 408 g/mol. The number of hydrogen-bond acceptors (Lipinski definition) is 6. The van der Waals surface area contributed by atoms with Gasteiger partial charge in [-0.3, -0.25) is 14.6 Å². The fourth-order valence-electron chi connectivity index (χ4n) is 3.44. The Hall–Kier alpha value is -3.94. The maximum atomic E-state index is 14.2. The Bertz CT molecular complexity index is 1130. The van der Waals surface area contributed by atoms with Gasteiger partial charge in [0.05, 0.1) is 18.9 Å². The van der Waals surface area contributed by atoms with Crippen LogP contribution in [0.5, 0.6) is 5.75 Å². The minimum atomic E-state index is -0.967. The SMILES string of the molecule is COc1ccc(/C(O)=C2\C(=O)C(=O)N(Cc3cccnc3)C2c2ccco2)cc1F. The summed E-state index contributed by atoms with van der Waals surface area (Å²) in [7, 11) is 1.32. The molecule has 1 saturated heterocycles. The highest BCUT2D eigenvalue weighted by molar-refractivity contribution is 6.46. The summed E-state index contributed by atoms with van der Waals surface area (Å²) in [6, 6.07) is 9.52. The van der Waals surface area contributed by atoms with E-state index < -0.39 is 29.3 Å². The van der Waals surface area contributed by atoms with Gasteiger partial charge in [0.15, 0.2) is 11.6 Å². The highest BCUT2D eigenvalue weighted by Gasteiger charge is 2.47. The zero-order valence-corrected chi connectivity index (χ0v) is 15.9. The van der Waals surface area contributed by atoms with Gasteiger partial charge in [-0.1, -0.05) is 6.07 Å². The summed E-state index contributed by atoms with van der Waals surface area (Å²) in [5, 5.41) is 10.9. The molecule has 1 N–H and O–H groups in total. The normalized spacial score (nSPS) is 18.1. The van der Waals surface area contributed by atoms with Gasteiger partial charge in [-0.05, 0) is 42.0 Å². The van der Waals surface area contributed by atoms with Crippen molar-refractivity contribution in [2.75, 3.05) is 7.11 Å². The molecule has 152 valence electrons. The lowest BCUT2D eigenvalue weighted by Crippen LogP contribution is -2.29. The van der Waals surface area contributed by atoms with Crippen molar-refractivity contribution in [2.24, 2.45) is 0 Å². The first-order chi connectivity index (χ1) is 14.5. The number of benzene rings is 1. The minimum absolute atomic E-state index is 0.00818. The number of carbonyl (C=O) groups is 2. The van der Waals surface area contributed by atoms with Crippen molar-refractivity contribution in [1.82, 2.24) is 9.88 Å². The van der Waals surface area contributed by atoms with Crippen LogP contribution in [0.25, 0.3) is 5.76 Å². The van der Waals surface area contributed by atoms with Crippen molar-refractivity contribution in [1.29, 1.82) is 0 Å². The first kappa shape index (κ1) is 19.4. The van der Waals surface area contributed by atoms with Crippen molar-refractivity contribution in [3.05, 3.63) is 89.4 Å². The quantitative estimate of drug-likeness (QED) is 0.395. The maximum Gasteiger partial charge on any atom is 0.296 e. The lowest BCUT2D eigenvalue weighted by Gasteiger charge is -2.23. The Kier molecular flexibility index (Phi) is 5.05. The lowest BCUT2D eigenvalue weighted by molar-refractivity contribution is -0.140. The summed E-state index contributed by atoms with van der Waals surface area (Å²) in [5.74, 6) is -2.59. The van der Waals surface area contributed by atoms with Crippen LogP contribution in [0.3, 0.4) is 0 Å². The molecule has 0 radical (unpaired) electrons. The Morgan fingerprint density at radius 1 is 1.27 bits per heavy atom. The van der Waals surface area contributed by atoms with Crippen LogP contribution in [0.4, 0.5) is 4.39 Å². The van der Waals surface area contributed by atoms with E-state index in [2.05, 4.69) is 4.98 Å². The Labute approximate surface area is 171 Å². The summed E-state index contributed by atoms with van der Waals surface area (Å²) in [6.07, 6.45) is 4.59. The van der Waals surface area contributed by atoms with Crippen molar-refractivity contribution in [3.8, 4) is 5.75 Å². The standard InChI is InChI=1S/C22H17FN2O5/c1-29-16-7-6-14(10-15(16)23)20(26)18-19(17-5-3-9-30-17)25(22(28)21(18)27)12-13-4-2-8-24-11-13/h2-11,19,26H,12H2,1H3/b20-18+. The number of pyridine rings is 1. The van der Waals surface area contributed by atoms with Crippen LogP contribution in [0.15, 0.2) is 71.1 Å². The number of carbonyl (C=O) groups excluding carboxylic acids is 2. The highest BCUT2D eigenvalue weighted by Crippen LogP contribution is 2.40. The first-order valence-electron chi connectivity index (χ1n) is 9.06. The molecule has 1 amide bonds. The fourth-order valence-corrected chi connectivity index (χ4v) is 3.44. The molecule has 2 aromatic heterocycles. The van der Waals surface area contributed by atoms with Gasteiger partial charge in [-0.2, -0.15) is 0 Å². The van der Waals surface area contributed by atoms with Gasteiger partial charge in [0, 0.05) is 24.5 Å². The number of amides is 1. The van der Waals surface area contributed by atoms with Gasteiger partial charge < -0.3 is 19.2 Å². The van der Waals surface area contributed by atoms with Crippen LogP contribution in [0, 0.1) is 5.82 Å². The van der Waals surface area contributed by atoms with Crippen molar-refractivity contribution >= 4 is 17.4 Å². The second-order valence-corrected chi connectivity index (χ2v) is 6.65. The largest absolute Gasteiger partial charge is 0.507 e. The third-order valence-electron chi connectivity index (χ3n) is 4.85. The topological polar surface area (TPSA) is 92.9 Å². The molecule has 0 aliphatic carbocycles. The summed E-state index contributed by atoms with van der Waals surface area (Å²) < 4.78 is 24.5. The molecule has 3 aromatic rings. The van der Waals surface area contributed by atoms with Crippen LogP contribution >= 0.6 is 0 Å². The van der Waals surface area contributed by atoms with Crippen molar-refractivity contribution in [2.45, 2.75) is 12.6 Å². The molecule has 4 rings (SSSR count). The zero-order chi connectivity index (χ0) is 21.3. The van der Waals surface area contributed by atoms with Gasteiger partial charge in [0.1, 0.15) is 17.6 Å². The number of aromatic nitrogens is 1. The molecule has 7 nitrogen and oxygen atoms in total. The summed E-state index contributed by atoms with van der Waals surface area (Å²) >= 11 is 0. The van der Waals surface area contributed by atoms with E-state index in [1.54, 1.807) is 36.7 Å². The summed E-state index contributed by atoms with van der Waals surface area (Å²) in [5.41, 5.74) is 0.569. The number of halogens is 1.